The summed E-state index contributed by atoms with van der Waals surface area (Å²) in [5.41, 5.74) is 2.39. The molecular formula is C23H31N3O3. The third-order valence-corrected chi connectivity index (χ3v) is 6.81. The molecule has 1 aromatic rings. The molecule has 3 aliphatic rings. The zero-order valence-corrected chi connectivity index (χ0v) is 17.3. The molecule has 1 aromatic carbocycles. The minimum absolute atomic E-state index is 0.0693. The van der Waals surface area contributed by atoms with Crippen molar-refractivity contribution in [2.24, 2.45) is 10.6 Å². The average Bonchev–Trinajstić information content (AvgIpc) is 3.25. The molecule has 2 amide bonds. The number of hydrogen-bond acceptors (Lipinski definition) is 4. The number of rotatable bonds is 5. The van der Waals surface area contributed by atoms with E-state index >= 15 is 0 Å². The number of amides is 2. The van der Waals surface area contributed by atoms with Crippen LogP contribution < -0.4 is 0 Å². The lowest BCUT2D eigenvalue weighted by molar-refractivity contribution is -0.148. The lowest BCUT2D eigenvalue weighted by Gasteiger charge is -2.47. The molecule has 1 atom stereocenters. The predicted octanol–water partition coefficient (Wildman–Crippen LogP) is 3.02. The quantitative estimate of drug-likeness (QED) is 0.767. The van der Waals surface area contributed by atoms with E-state index in [0.717, 1.165) is 64.0 Å². The maximum absolute atomic E-state index is 12.8. The molecule has 1 spiro atoms. The van der Waals surface area contributed by atoms with E-state index in [4.69, 9.17) is 4.84 Å². The van der Waals surface area contributed by atoms with E-state index in [2.05, 4.69) is 22.2 Å². The van der Waals surface area contributed by atoms with Gasteiger partial charge in [-0.2, -0.15) is 0 Å². The highest BCUT2D eigenvalue weighted by molar-refractivity contribution is 5.92. The Morgan fingerprint density at radius 3 is 2.66 bits per heavy atom. The maximum atomic E-state index is 12.8. The van der Waals surface area contributed by atoms with Gasteiger partial charge in [-0.25, -0.2) is 0 Å². The summed E-state index contributed by atoms with van der Waals surface area (Å²) >= 11 is 0. The molecule has 0 radical (unpaired) electrons. The number of carbonyl (C=O) groups excluding carboxylic acids is 2. The lowest BCUT2D eigenvalue weighted by atomic mass is 9.72. The predicted molar refractivity (Wildman–Crippen MR) is 111 cm³/mol. The Kier molecular flexibility index (Phi) is 5.88. The van der Waals surface area contributed by atoms with Crippen LogP contribution in [-0.4, -0.2) is 59.6 Å². The standard InChI is InChI=1S/C23H31N3O3/c1-2-19-16-20(29-24-19)22(28)25-14-11-23(12-15-25)10-8-21(27)26(17-23)13-9-18-6-4-3-5-7-18/h3-7,20H,2,8-17H2,1H3/t20-/m1/s1. The van der Waals surface area contributed by atoms with Gasteiger partial charge in [-0.05, 0) is 43.1 Å². The van der Waals surface area contributed by atoms with Crippen LogP contribution >= 0.6 is 0 Å². The van der Waals surface area contributed by atoms with E-state index in [1.54, 1.807) is 0 Å². The Morgan fingerprint density at radius 2 is 1.97 bits per heavy atom. The Balaban J connectivity index is 1.30. The van der Waals surface area contributed by atoms with E-state index in [1.165, 1.54) is 5.56 Å². The molecule has 0 N–H and O–H groups in total. The fourth-order valence-electron chi connectivity index (χ4n) is 4.80. The number of nitrogens with zero attached hydrogens (tertiary/aromatic N) is 3. The summed E-state index contributed by atoms with van der Waals surface area (Å²) in [5, 5.41) is 4.02. The van der Waals surface area contributed by atoms with Gasteiger partial charge in [0.05, 0.1) is 5.71 Å². The van der Waals surface area contributed by atoms with Gasteiger partial charge >= 0.3 is 0 Å². The van der Waals surface area contributed by atoms with Crippen LogP contribution in [0.2, 0.25) is 0 Å². The number of hydrogen-bond donors (Lipinski definition) is 0. The Bertz CT molecular complexity index is 769. The van der Waals surface area contributed by atoms with Crippen molar-refractivity contribution in [1.29, 1.82) is 0 Å². The first-order valence-electron chi connectivity index (χ1n) is 10.9. The molecule has 156 valence electrons. The number of carbonyl (C=O) groups is 2. The third-order valence-electron chi connectivity index (χ3n) is 6.81. The highest BCUT2D eigenvalue weighted by Gasteiger charge is 2.43. The van der Waals surface area contributed by atoms with Gasteiger partial charge in [0.15, 0.2) is 0 Å². The summed E-state index contributed by atoms with van der Waals surface area (Å²) in [6, 6.07) is 10.3. The van der Waals surface area contributed by atoms with Gasteiger partial charge < -0.3 is 14.6 Å². The normalized spacial score (nSPS) is 23.8. The highest BCUT2D eigenvalue weighted by Crippen LogP contribution is 2.40. The minimum atomic E-state index is -0.436. The minimum Gasteiger partial charge on any atom is -0.382 e. The van der Waals surface area contributed by atoms with Crippen LogP contribution in [-0.2, 0) is 20.8 Å². The molecule has 4 rings (SSSR count). The summed E-state index contributed by atoms with van der Waals surface area (Å²) in [7, 11) is 0. The van der Waals surface area contributed by atoms with Crippen molar-refractivity contribution in [3.63, 3.8) is 0 Å². The largest absolute Gasteiger partial charge is 0.382 e. The van der Waals surface area contributed by atoms with Crippen molar-refractivity contribution in [2.45, 2.75) is 58.0 Å². The summed E-state index contributed by atoms with van der Waals surface area (Å²) in [6.45, 7) is 5.14. The van der Waals surface area contributed by atoms with Crippen LogP contribution in [0.25, 0.3) is 0 Å². The van der Waals surface area contributed by atoms with Gasteiger partial charge in [0.1, 0.15) is 0 Å². The monoisotopic (exact) mass is 397 g/mol. The second kappa shape index (κ2) is 8.56. The second-order valence-corrected chi connectivity index (χ2v) is 8.69. The second-order valence-electron chi connectivity index (χ2n) is 8.69. The highest BCUT2D eigenvalue weighted by atomic mass is 16.6. The van der Waals surface area contributed by atoms with Crippen LogP contribution in [0.4, 0.5) is 0 Å². The summed E-state index contributed by atoms with van der Waals surface area (Å²) in [5.74, 6) is 0.341. The van der Waals surface area contributed by atoms with Crippen molar-refractivity contribution in [3.8, 4) is 0 Å². The van der Waals surface area contributed by atoms with Crippen LogP contribution in [0.3, 0.4) is 0 Å². The number of benzene rings is 1. The smallest absolute Gasteiger partial charge is 0.266 e. The molecule has 2 saturated heterocycles. The molecule has 2 fully saturated rings. The topological polar surface area (TPSA) is 62.2 Å². The molecule has 6 nitrogen and oxygen atoms in total. The SMILES string of the molecule is CCC1=NO[C@@H](C(=O)N2CCC3(CCC(=O)N(CCc4ccccc4)C3)CC2)C1. The van der Waals surface area contributed by atoms with Gasteiger partial charge in [-0.1, -0.05) is 42.4 Å². The van der Waals surface area contributed by atoms with Crippen molar-refractivity contribution in [1.82, 2.24) is 9.80 Å². The molecule has 0 bridgehead atoms. The van der Waals surface area contributed by atoms with Crippen molar-refractivity contribution in [3.05, 3.63) is 35.9 Å². The van der Waals surface area contributed by atoms with E-state index in [0.29, 0.717) is 12.8 Å². The van der Waals surface area contributed by atoms with Crippen LogP contribution in [0, 0.1) is 5.41 Å². The van der Waals surface area contributed by atoms with Crippen molar-refractivity contribution in [2.75, 3.05) is 26.2 Å². The third kappa shape index (κ3) is 4.46. The van der Waals surface area contributed by atoms with Crippen molar-refractivity contribution >= 4 is 17.5 Å². The molecule has 3 heterocycles. The van der Waals surface area contributed by atoms with E-state index in [9.17, 15) is 9.59 Å². The molecular weight excluding hydrogens is 366 g/mol. The average molecular weight is 398 g/mol. The Labute approximate surface area is 172 Å². The van der Waals surface area contributed by atoms with E-state index < -0.39 is 6.10 Å². The van der Waals surface area contributed by atoms with Gasteiger partial charge in [-0.15, -0.1) is 0 Å². The maximum Gasteiger partial charge on any atom is 0.266 e. The molecule has 0 aromatic heterocycles. The first-order valence-corrected chi connectivity index (χ1v) is 10.9. The van der Waals surface area contributed by atoms with E-state index in [-0.39, 0.29) is 17.2 Å². The van der Waals surface area contributed by atoms with Crippen LogP contribution in [0.15, 0.2) is 35.5 Å². The fourth-order valence-corrected chi connectivity index (χ4v) is 4.80. The Hall–Kier alpha value is -2.37. The van der Waals surface area contributed by atoms with Crippen LogP contribution in [0.1, 0.15) is 51.0 Å². The first-order chi connectivity index (χ1) is 14.1. The summed E-state index contributed by atoms with van der Waals surface area (Å²) in [6.07, 6.45) is 5.41. The molecule has 0 unspecified atom stereocenters. The zero-order valence-electron chi connectivity index (χ0n) is 17.3. The molecule has 29 heavy (non-hydrogen) atoms. The number of likely N-dealkylation sites (tertiary alicyclic amines) is 2. The first kappa shape index (κ1) is 19.9. The lowest BCUT2D eigenvalue weighted by Crippen LogP contribution is -2.53. The fraction of sp³-hybridized carbons (Fsp3) is 0.609. The summed E-state index contributed by atoms with van der Waals surface area (Å²) < 4.78 is 0. The van der Waals surface area contributed by atoms with E-state index in [1.807, 2.05) is 30.0 Å². The van der Waals surface area contributed by atoms with Gasteiger partial charge in [0.2, 0.25) is 12.0 Å². The van der Waals surface area contributed by atoms with Gasteiger partial charge in [0.25, 0.3) is 5.91 Å². The number of piperidine rings is 2. The van der Waals surface area contributed by atoms with Gasteiger partial charge in [0, 0.05) is 39.0 Å². The Morgan fingerprint density at radius 1 is 1.21 bits per heavy atom. The summed E-state index contributed by atoms with van der Waals surface area (Å²) in [4.78, 5) is 34.6. The molecule has 6 heteroatoms. The van der Waals surface area contributed by atoms with Gasteiger partial charge in [-0.3, -0.25) is 9.59 Å². The van der Waals surface area contributed by atoms with Crippen LogP contribution in [0.5, 0.6) is 0 Å². The van der Waals surface area contributed by atoms with Crippen molar-refractivity contribution < 1.29 is 14.4 Å². The molecule has 3 aliphatic heterocycles. The zero-order chi connectivity index (χ0) is 20.3. The number of oxime groups is 1. The molecule has 0 saturated carbocycles. The molecule has 0 aliphatic carbocycles.